The maximum atomic E-state index is 13.5. The molecule has 2 fully saturated rings. The summed E-state index contributed by atoms with van der Waals surface area (Å²) in [5.74, 6) is 0.0114. The number of carbonyl (C=O) groups is 2. The highest BCUT2D eigenvalue weighted by Crippen LogP contribution is 2.34. The lowest BCUT2D eigenvalue weighted by atomic mass is 10.0. The summed E-state index contributed by atoms with van der Waals surface area (Å²) in [5.41, 5.74) is 4.32. The van der Waals surface area contributed by atoms with Crippen LogP contribution >= 0.6 is 11.3 Å². The molecular formula is C24H31N3O4S2. The number of hydrogen-bond acceptors (Lipinski definition) is 5. The van der Waals surface area contributed by atoms with E-state index in [0.717, 1.165) is 40.7 Å². The predicted molar refractivity (Wildman–Crippen MR) is 130 cm³/mol. The second-order valence-corrected chi connectivity index (χ2v) is 12.1. The fourth-order valence-corrected chi connectivity index (χ4v) is 7.34. The van der Waals surface area contributed by atoms with Gasteiger partial charge in [0.25, 0.3) is 5.91 Å². The first-order valence-electron chi connectivity index (χ1n) is 11.3. The molecule has 1 saturated heterocycles. The van der Waals surface area contributed by atoms with E-state index in [4.69, 9.17) is 0 Å². The molecule has 2 amide bonds. The zero-order chi connectivity index (χ0) is 24.1. The average molecular weight is 490 g/mol. The van der Waals surface area contributed by atoms with E-state index in [2.05, 4.69) is 5.32 Å². The summed E-state index contributed by atoms with van der Waals surface area (Å²) in [5, 5.41) is 3.60. The molecule has 1 saturated carbocycles. The molecule has 1 N–H and O–H groups in total. The third kappa shape index (κ3) is 4.58. The number of nitrogens with zero attached hydrogens (tertiary/aromatic N) is 2. The first-order valence-corrected chi connectivity index (χ1v) is 13.5. The quantitative estimate of drug-likeness (QED) is 0.692. The highest BCUT2D eigenvalue weighted by Gasteiger charge is 2.34. The van der Waals surface area contributed by atoms with Crippen LogP contribution in [0.2, 0.25) is 0 Å². The molecule has 4 rings (SSSR count). The fraction of sp³-hybridized carbons (Fsp3) is 0.500. The van der Waals surface area contributed by atoms with Crippen LogP contribution in [0.3, 0.4) is 0 Å². The molecule has 1 aliphatic carbocycles. The molecule has 7 nitrogen and oxygen atoms in total. The Hall–Kier alpha value is -2.23. The van der Waals surface area contributed by atoms with Crippen LogP contribution in [0.15, 0.2) is 17.0 Å². The third-order valence-corrected chi connectivity index (χ3v) is 10.0. The van der Waals surface area contributed by atoms with Gasteiger partial charge in [0, 0.05) is 32.1 Å². The van der Waals surface area contributed by atoms with Gasteiger partial charge in [0.1, 0.15) is 0 Å². The van der Waals surface area contributed by atoms with Crippen molar-refractivity contribution in [1.29, 1.82) is 0 Å². The lowest BCUT2D eigenvalue weighted by molar-refractivity contribution is -0.117. The van der Waals surface area contributed by atoms with Crippen LogP contribution in [0, 0.1) is 40.5 Å². The number of rotatable bonds is 5. The number of anilines is 1. The van der Waals surface area contributed by atoms with Crippen molar-refractivity contribution < 1.29 is 18.0 Å². The normalized spacial score (nSPS) is 17.3. The van der Waals surface area contributed by atoms with Gasteiger partial charge >= 0.3 is 0 Å². The Bertz CT molecular complexity index is 1190. The van der Waals surface area contributed by atoms with Crippen molar-refractivity contribution in [1.82, 2.24) is 9.21 Å². The standard InChI is InChI=1S/C24H31N3O4S2/c1-14-12-15(2)18(5)22(17(14)4)33(30,31)27-10-8-26(9-11-27)24(29)21-16(3)13-20(32-21)25-23(28)19-6-7-19/h12-13,19H,6-11H2,1-5H3,(H,25,28). The smallest absolute Gasteiger partial charge is 0.264 e. The number of benzene rings is 1. The van der Waals surface area contributed by atoms with Crippen molar-refractivity contribution in [3.63, 3.8) is 0 Å². The van der Waals surface area contributed by atoms with Crippen molar-refractivity contribution in [3.8, 4) is 0 Å². The molecule has 0 bridgehead atoms. The highest BCUT2D eigenvalue weighted by atomic mass is 32.2. The molecule has 0 atom stereocenters. The van der Waals surface area contributed by atoms with E-state index < -0.39 is 10.0 Å². The van der Waals surface area contributed by atoms with Gasteiger partial charge in [-0.15, -0.1) is 11.3 Å². The summed E-state index contributed by atoms with van der Waals surface area (Å²) in [6, 6.07) is 3.86. The van der Waals surface area contributed by atoms with E-state index in [0.29, 0.717) is 27.9 Å². The zero-order valence-corrected chi connectivity index (χ0v) is 21.5. The Morgan fingerprint density at radius 3 is 2.03 bits per heavy atom. The number of amides is 2. The van der Waals surface area contributed by atoms with Crippen LogP contribution < -0.4 is 5.32 Å². The number of thiophene rings is 1. The summed E-state index contributed by atoms with van der Waals surface area (Å²) in [7, 11) is -3.65. The SMILES string of the molecule is Cc1cc(NC(=O)C2CC2)sc1C(=O)N1CCN(S(=O)(=O)c2c(C)c(C)cc(C)c2C)CC1. The van der Waals surface area contributed by atoms with Gasteiger partial charge in [-0.2, -0.15) is 4.31 Å². The first-order chi connectivity index (χ1) is 15.5. The fourth-order valence-electron chi connectivity index (χ4n) is 4.30. The van der Waals surface area contributed by atoms with Crippen LogP contribution in [0.4, 0.5) is 5.00 Å². The largest absolute Gasteiger partial charge is 0.335 e. The minimum absolute atomic E-state index is 0.0195. The van der Waals surface area contributed by atoms with E-state index in [1.807, 2.05) is 46.8 Å². The Morgan fingerprint density at radius 1 is 0.909 bits per heavy atom. The number of hydrogen-bond donors (Lipinski definition) is 1. The van der Waals surface area contributed by atoms with Crippen molar-refractivity contribution >= 4 is 38.2 Å². The lowest BCUT2D eigenvalue weighted by Gasteiger charge is -2.34. The molecular weight excluding hydrogens is 458 g/mol. The Kier molecular flexibility index (Phi) is 6.41. The van der Waals surface area contributed by atoms with E-state index >= 15 is 0 Å². The molecule has 1 aromatic heterocycles. The molecule has 1 aliphatic heterocycles. The van der Waals surface area contributed by atoms with Crippen molar-refractivity contribution in [2.45, 2.75) is 52.4 Å². The number of sulfonamides is 1. The second-order valence-electron chi connectivity index (χ2n) is 9.17. The predicted octanol–water partition coefficient (Wildman–Crippen LogP) is 3.79. The van der Waals surface area contributed by atoms with E-state index in [9.17, 15) is 18.0 Å². The van der Waals surface area contributed by atoms with Crippen LogP contribution in [-0.4, -0.2) is 55.6 Å². The highest BCUT2D eigenvalue weighted by molar-refractivity contribution is 7.89. The van der Waals surface area contributed by atoms with Gasteiger partial charge in [0.15, 0.2) is 0 Å². The molecule has 33 heavy (non-hydrogen) atoms. The van der Waals surface area contributed by atoms with Crippen LogP contribution in [0.25, 0.3) is 0 Å². The van der Waals surface area contributed by atoms with Crippen LogP contribution in [0.5, 0.6) is 0 Å². The molecule has 1 aromatic carbocycles. The van der Waals surface area contributed by atoms with Crippen molar-refractivity contribution in [3.05, 3.63) is 44.8 Å². The van der Waals surface area contributed by atoms with Crippen LogP contribution in [-0.2, 0) is 14.8 Å². The molecule has 178 valence electrons. The first kappa shape index (κ1) is 23.9. The third-order valence-electron chi connectivity index (χ3n) is 6.73. The molecule has 2 aliphatic rings. The van der Waals surface area contributed by atoms with Gasteiger partial charge < -0.3 is 10.2 Å². The summed E-state index contributed by atoms with van der Waals surface area (Å²) < 4.78 is 28.5. The second kappa shape index (κ2) is 8.85. The Morgan fingerprint density at radius 2 is 1.48 bits per heavy atom. The van der Waals surface area contributed by atoms with Gasteiger partial charge in [0.2, 0.25) is 15.9 Å². The van der Waals surface area contributed by atoms with Crippen molar-refractivity contribution in [2.75, 3.05) is 31.5 Å². The Balaban J connectivity index is 1.46. The average Bonchev–Trinajstić information content (AvgIpc) is 3.55. The summed E-state index contributed by atoms with van der Waals surface area (Å²) >= 11 is 1.29. The molecule has 2 heterocycles. The summed E-state index contributed by atoms with van der Waals surface area (Å²) in [4.78, 5) is 27.9. The molecule has 2 aromatic rings. The summed E-state index contributed by atoms with van der Waals surface area (Å²) in [6.45, 7) is 10.6. The van der Waals surface area contributed by atoms with Gasteiger partial charge in [-0.05, 0) is 81.3 Å². The molecule has 0 spiro atoms. The van der Waals surface area contributed by atoms with Gasteiger partial charge in [0.05, 0.1) is 14.8 Å². The molecule has 9 heteroatoms. The van der Waals surface area contributed by atoms with E-state index in [-0.39, 0.29) is 30.8 Å². The lowest BCUT2D eigenvalue weighted by Crippen LogP contribution is -2.50. The van der Waals surface area contributed by atoms with E-state index in [1.54, 1.807) is 4.90 Å². The minimum atomic E-state index is -3.65. The number of carbonyl (C=O) groups excluding carboxylic acids is 2. The van der Waals surface area contributed by atoms with E-state index in [1.165, 1.54) is 15.6 Å². The van der Waals surface area contributed by atoms with Gasteiger partial charge in [-0.3, -0.25) is 9.59 Å². The monoisotopic (exact) mass is 489 g/mol. The zero-order valence-electron chi connectivity index (χ0n) is 19.8. The topological polar surface area (TPSA) is 86.8 Å². The molecule has 0 unspecified atom stereocenters. The number of aryl methyl sites for hydroxylation is 3. The van der Waals surface area contributed by atoms with Crippen molar-refractivity contribution in [2.24, 2.45) is 5.92 Å². The minimum Gasteiger partial charge on any atom is -0.335 e. The summed E-state index contributed by atoms with van der Waals surface area (Å²) in [6.07, 6.45) is 1.85. The molecule has 0 radical (unpaired) electrons. The van der Waals surface area contributed by atoms with Gasteiger partial charge in [-0.1, -0.05) is 6.07 Å². The maximum absolute atomic E-state index is 13.5. The Labute approximate surface area is 199 Å². The number of piperazine rings is 1. The number of nitrogens with one attached hydrogen (secondary N) is 1. The maximum Gasteiger partial charge on any atom is 0.264 e. The van der Waals surface area contributed by atoms with Gasteiger partial charge in [-0.25, -0.2) is 8.42 Å². The van der Waals surface area contributed by atoms with Crippen LogP contribution in [0.1, 0.15) is 50.3 Å².